The van der Waals surface area contributed by atoms with Gasteiger partial charge in [0.1, 0.15) is 23.9 Å². The highest BCUT2D eigenvalue weighted by atomic mass is 127. The van der Waals surface area contributed by atoms with E-state index >= 15 is 0 Å². The third-order valence-corrected chi connectivity index (χ3v) is 3.20. The fourth-order valence-corrected chi connectivity index (χ4v) is 2.08. The zero-order chi connectivity index (χ0) is 18.1. The summed E-state index contributed by atoms with van der Waals surface area (Å²) in [5, 5.41) is 3.04. The van der Waals surface area contributed by atoms with Crippen LogP contribution in [-0.2, 0) is 0 Å². The minimum Gasteiger partial charge on any atom is -0.497 e. The van der Waals surface area contributed by atoms with Gasteiger partial charge in [-0.15, -0.1) is 24.0 Å². The lowest BCUT2D eigenvalue weighted by Gasteiger charge is -2.11. The maximum absolute atomic E-state index is 5.88. The van der Waals surface area contributed by atoms with Crippen LogP contribution in [0.4, 0.5) is 5.69 Å². The summed E-state index contributed by atoms with van der Waals surface area (Å²) in [5.74, 6) is 2.73. The Bertz CT molecular complexity index is 673. The van der Waals surface area contributed by atoms with Crippen molar-refractivity contribution in [1.82, 2.24) is 0 Å². The highest BCUT2D eigenvalue weighted by Gasteiger charge is 1.99. The van der Waals surface area contributed by atoms with Gasteiger partial charge in [-0.3, -0.25) is 0 Å². The van der Waals surface area contributed by atoms with Crippen LogP contribution in [-0.4, -0.2) is 32.3 Å². The number of rotatable bonds is 8. The van der Waals surface area contributed by atoms with E-state index in [-0.39, 0.29) is 30.1 Å². The van der Waals surface area contributed by atoms with Gasteiger partial charge in [0.2, 0.25) is 0 Å². The number of nitrogens with zero attached hydrogens (tertiary/aromatic N) is 1. The zero-order valence-corrected chi connectivity index (χ0v) is 17.6. The topological polar surface area (TPSA) is 78.1 Å². The summed E-state index contributed by atoms with van der Waals surface area (Å²) in [6, 6.07) is 15.0. The molecule has 0 amide bonds. The molecule has 7 heteroatoms. The lowest BCUT2D eigenvalue weighted by molar-refractivity contribution is 0.242. The first kappa shape index (κ1) is 21.9. The molecule has 0 aliphatic rings. The molecule has 0 unspecified atom stereocenters. The Hall–Kier alpha value is -2.16. The van der Waals surface area contributed by atoms with E-state index in [1.807, 2.05) is 62.4 Å². The zero-order valence-electron chi connectivity index (χ0n) is 15.3. The minimum atomic E-state index is 0. The summed E-state index contributed by atoms with van der Waals surface area (Å²) >= 11 is 0. The molecular weight excluding hydrogens is 445 g/mol. The quantitative estimate of drug-likeness (QED) is 0.264. The van der Waals surface area contributed by atoms with Gasteiger partial charge in [0.15, 0.2) is 5.96 Å². The van der Waals surface area contributed by atoms with Gasteiger partial charge in [-0.2, -0.15) is 0 Å². The summed E-state index contributed by atoms with van der Waals surface area (Å²) < 4.78 is 16.3. The summed E-state index contributed by atoms with van der Waals surface area (Å²) in [5.41, 5.74) is 6.73. The van der Waals surface area contributed by atoms with E-state index in [2.05, 4.69) is 10.3 Å². The van der Waals surface area contributed by atoms with Gasteiger partial charge in [0.25, 0.3) is 0 Å². The summed E-state index contributed by atoms with van der Waals surface area (Å²) in [7, 11) is 1.63. The van der Waals surface area contributed by atoms with Crippen LogP contribution in [0.2, 0.25) is 0 Å². The lowest BCUT2D eigenvalue weighted by atomic mass is 10.3. The molecule has 3 N–H and O–H groups in total. The van der Waals surface area contributed by atoms with Crippen molar-refractivity contribution >= 4 is 35.6 Å². The highest BCUT2D eigenvalue weighted by Crippen LogP contribution is 2.17. The van der Waals surface area contributed by atoms with Crippen molar-refractivity contribution in [2.45, 2.75) is 20.0 Å². The smallest absolute Gasteiger partial charge is 0.193 e. The van der Waals surface area contributed by atoms with Crippen molar-refractivity contribution in [3.05, 3.63) is 48.5 Å². The average Bonchev–Trinajstić information content (AvgIpc) is 2.60. The molecule has 0 aliphatic heterocycles. The number of nitrogens with one attached hydrogen (secondary N) is 1. The van der Waals surface area contributed by atoms with Crippen LogP contribution in [0.5, 0.6) is 17.2 Å². The Morgan fingerprint density at radius 2 is 1.58 bits per heavy atom. The van der Waals surface area contributed by atoms with Gasteiger partial charge in [-0.1, -0.05) is 0 Å². The largest absolute Gasteiger partial charge is 0.497 e. The summed E-state index contributed by atoms with van der Waals surface area (Å²) in [6.45, 7) is 4.88. The number of aliphatic imine (C=N–C) groups is 1. The van der Waals surface area contributed by atoms with Crippen LogP contribution >= 0.6 is 24.0 Å². The monoisotopic (exact) mass is 471 g/mol. The molecule has 0 aromatic heterocycles. The van der Waals surface area contributed by atoms with Crippen LogP contribution in [0.25, 0.3) is 0 Å². The van der Waals surface area contributed by atoms with Crippen molar-refractivity contribution in [3.8, 4) is 17.2 Å². The fraction of sp³-hybridized carbons (Fsp3) is 0.316. The Balaban J connectivity index is 0.00000338. The summed E-state index contributed by atoms with van der Waals surface area (Å²) in [6.07, 6.45) is 0.149. The number of benzene rings is 2. The fourth-order valence-electron chi connectivity index (χ4n) is 2.08. The van der Waals surface area contributed by atoms with Gasteiger partial charge >= 0.3 is 0 Å². The van der Waals surface area contributed by atoms with E-state index in [0.717, 1.165) is 22.9 Å². The standard InChI is InChI=1S/C19H25N3O3.HI/c1-14(2)25-18-6-4-15(5-7-18)22-19(20)21-12-13-24-17-10-8-16(23-3)9-11-17;/h4-11,14H,12-13H2,1-3H3,(H3,20,21,22);1H. The lowest BCUT2D eigenvalue weighted by Crippen LogP contribution is -2.23. The number of nitrogens with two attached hydrogens (primary N) is 1. The molecule has 0 spiro atoms. The average molecular weight is 471 g/mol. The highest BCUT2D eigenvalue weighted by molar-refractivity contribution is 14.0. The van der Waals surface area contributed by atoms with Crippen LogP contribution in [0.15, 0.2) is 53.5 Å². The maximum Gasteiger partial charge on any atom is 0.193 e. The van der Waals surface area contributed by atoms with Crippen molar-refractivity contribution in [2.75, 3.05) is 25.6 Å². The predicted molar refractivity (Wildman–Crippen MR) is 116 cm³/mol. The molecule has 0 saturated heterocycles. The van der Waals surface area contributed by atoms with Crippen molar-refractivity contribution in [1.29, 1.82) is 0 Å². The molecule has 0 radical (unpaired) electrons. The number of methoxy groups -OCH3 is 1. The van der Waals surface area contributed by atoms with E-state index in [1.165, 1.54) is 0 Å². The molecule has 0 fully saturated rings. The van der Waals surface area contributed by atoms with Crippen molar-refractivity contribution in [3.63, 3.8) is 0 Å². The molecule has 0 atom stereocenters. The number of guanidine groups is 1. The second-order valence-corrected chi connectivity index (χ2v) is 5.61. The van der Waals surface area contributed by atoms with E-state index in [0.29, 0.717) is 19.1 Å². The molecule has 0 heterocycles. The Labute approximate surface area is 171 Å². The maximum atomic E-state index is 5.88. The van der Waals surface area contributed by atoms with Gasteiger partial charge in [0.05, 0.1) is 19.8 Å². The van der Waals surface area contributed by atoms with Crippen LogP contribution < -0.4 is 25.3 Å². The summed E-state index contributed by atoms with van der Waals surface area (Å²) in [4.78, 5) is 4.24. The third kappa shape index (κ3) is 7.81. The van der Waals surface area contributed by atoms with E-state index in [9.17, 15) is 0 Å². The second kappa shape index (κ2) is 11.5. The Kier molecular flexibility index (Phi) is 9.64. The van der Waals surface area contributed by atoms with Gasteiger partial charge in [-0.25, -0.2) is 4.99 Å². The molecule has 2 aromatic rings. The molecule has 2 aromatic carbocycles. The van der Waals surface area contributed by atoms with Crippen LogP contribution in [0.1, 0.15) is 13.8 Å². The van der Waals surface area contributed by atoms with E-state index in [4.69, 9.17) is 19.9 Å². The van der Waals surface area contributed by atoms with Gasteiger partial charge in [0, 0.05) is 5.69 Å². The van der Waals surface area contributed by atoms with Gasteiger partial charge < -0.3 is 25.3 Å². The normalized spacial score (nSPS) is 10.8. The number of ether oxygens (including phenoxy) is 3. The Morgan fingerprint density at radius 3 is 2.15 bits per heavy atom. The van der Waals surface area contributed by atoms with Crippen molar-refractivity contribution in [2.24, 2.45) is 10.7 Å². The SMILES string of the molecule is COc1ccc(OCCN=C(N)Nc2ccc(OC(C)C)cc2)cc1.I. The molecule has 0 saturated carbocycles. The molecule has 6 nitrogen and oxygen atoms in total. The molecule has 142 valence electrons. The number of halogens is 1. The first-order valence-electron chi connectivity index (χ1n) is 8.17. The molecular formula is C19H26IN3O3. The van der Waals surface area contributed by atoms with Crippen LogP contribution in [0.3, 0.4) is 0 Å². The van der Waals surface area contributed by atoms with E-state index in [1.54, 1.807) is 7.11 Å². The Morgan fingerprint density at radius 1 is 1.00 bits per heavy atom. The van der Waals surface area contributed by atoms with E-state index < -0.39 is 0 Å². The van der Waals surface area contributed by atoms with Gasteiger partial charge in [-0.05, 0) is 62.4 Å². The first-order valence-corrected chi connectivity index (χ1v) is 8.17. The molecule has 0 bridgehead atoms. The first-order chi connectivity index (χ1) is 12.1. The van der Waals surface area contributed by atoms with Crippen molar-refractivity contribution < 1.29 is 14.2 Å². The molecule has 2 rings (SSSR count). The third-order valence-electron chi connectivity index (χ3n) is 3.20. The molecule has 0 aliphatic carbocycles. The predicted octanol–water partition coefficient (Wildman–Crippen LogP) is 3.91. The number of hydrogen-bond acceptors (Lipinski definition) is 4. The molecule has 26 heavy (non-hydrogen) atoms. The number of anilines is 1. The minimum absolute atomic E-state index is 0. The second-order valence-electron chi connectivity index (χ2n) is 5.61. The van der Waals surface area contributed by atoms with Crippen LogP contribution in [0, 0.1) is 0 Å². The number of hydrogen-bond donors (Lipinski definition) is 2.